The van der Waals surface area contributed by atoms with Gasteiger partial charge in [-0.3, -0.25) is 0 Å². The number of furan rings is 3. The number of nitriles is 1. The molecular formula is C62H31N5O3. The Morgan fingerprint density at radius 3 is 1.31 bits per heavy atom. The van der Waals surface area contributed by atoms with E-state index >= 15 is 0 Å². The summed E-state index contributed by atoms with van der Waals surface area (Å²) in [6, 6.07) is 66.8. The molecule has 6 heterocycles. The fourth-order valence-electron chi connectivity index (χ4n) is 11.9. The lowest BCUT2D eigenvalue weighted by Crippen LogP contribution is -2.11. The molecule has 0 radical (unpaired) electrons. The minimum absolute atomic E-state index is 0.299. The highest BCUT2D eigenvalue weighted by Gasteiger charge is 2.32. The zero-order valence-electron chi connectivity index (χ0n) is 36.9. The number of hydrogen-bond donors (Lipinski definition) is 0. The third-order valence-corrected chi connectivity index (χ3v) is 14.7. The summed E-state index contributed by atoms with van der Waals surface area (Å²) < 4.78 is 27.3. The number of fused-ring (bicyclic) bond motifs is 21. The van der Waals surface area contributed by atoms with Gasteiger partial charge in [0, 0.05) is 59.2 Å². The van der Waals surface area contributed by atoms with Crippen molar-refractivity contribution in [3.05, 3.63) is 205 Å². The lowest BCUT2D eigenvalue weighted by molar-refractivity contribution is 0.669. The van der Waals surface area contributed by atoms with Crippen LogP contribution in [0.4, 0.5) is 5.69 Å². The molecule has 0 saturated carbocycles. The van der Waals surface area contributed by atoms with Crippen LogP contribution in [0.3, 0.4) is 0 Å². The minimum Gasteiger partial charge on any atom is -0.456 e. The van der Waals surface area contributed by atoms with Gasteiger partial charge in [-0.2, -0.15) is 5.26 Å². The van der Waals surface area contributed by atoms with Gasteiger partial charge in [0.1, 0.15) is 28.4 Å². The highest BCUT2D eigenvalue weighted by Crippen LogP contribution is 2.51. The summed E-state index contributed by atoms with van der Waals surface area (Å²) in [5.74, 6) is 0. The van der Waals surface area contributed by atoms with Gasteiger partial charge < -0.3 is 27.0 Å². The molecule has 0 atom stereocenters. The van der Waals surface area contributed by atoms with E-state index in [0.29, 0.717) is 39.5 Å². The third-order valence-electron chi connectivity index (χ3n) is 14.7. The Hall–Kier alpha value is -10.0. The molecular weight excluding hydrogens is 863 g/mol. The van der Waals surface area contributed by atoms with Gasteiger partial charge in [-0.15, -0.1) is 0 Å². The standard InChI is InChI=1S/C62H31N5O3/c1-64-46-32-34(33-63)55(65-47-20-8-2-14-35(47)40-30-31-53-54(56(40)65)45-19-7-13-25-52(45)68-53)60(67-49-22-10-4-16-37(49)42-27-29-44-39-18-6-12-24-51(39)70-62(44)58(42)67)59(46)66-48-21-9-3-15-36(48)41-26-28-43-38-17-5-11-23-50(38)69-61(43)57(41)66/h2-32H. The van der Waals surface area contributed by atoms with Crippen molar-refractivity contribution in [2.75, 3.05) is 0 Å². The Bertz CT molecular complexity index is 5110. The van der Waals surface area contributed by atoms with E-state index < -0.39 is 0 Å². The number of para-hydroxylation sites is 6. The van der Waals surface area contributed by atoms with E-state index in [1.807, 2.05) is 66.7 Å². The molecule has 16 aromatic rings. The van der Waals surface area contributed by atoms with Crippen molar-refractivity contribution in [2.24, 2.45) is 0 Å². The zero-order chi connectivity index (χ0) is 45.9. The number of nitrogens with zero attached hydrogens (tertiary/aromatic N) is 5. The maximum absolute atomic E-state index is 11.8. The van der Waals surface area contributed by atoms with E-state index in [0.717, 1.165) is 120 Å². The van der Waals surface area contributed by atoms with E-state index in [4.69, 9.17) is 13.3 Å². The van der Waals surface area contributed by atoms with Crippen molar-refractivity contribution in [3.63, 3.8) is 0 Å². The Kier molecular flexibility index (Phi) is 7.06. The zero-order valence-corrected chi connectivity index (χ0v) is 36.9. The summed E-state index contributed by atoms with van der Waals surface area (Å²) in [5.41, 5.74) is 12.1. The van der Waals surface area contributed by atoms with E-state index in [1.54, 1.807) is 6.07 Å². The second kappa shape index (κ2) is 13.3. The molecule has 10 aromatic carbocycles. The lowest BCUT2D eigenvalue weighted by Gasteiger charge is -2.24. The van der Waals surface area contributed by atoms with E-state index in [-0.39, 0.29) is 0 Å². The molecule has 0 N–H and O–H groups in total. The second-order valence-electron chi connectivity index (χ2n) is 18.1. The summed E-state index contributed by atoms with van der Waals surface area (Å²) in [6.45, 7) is 9.19. The SMILES string of the molecule is [C-]#[N+]c1cc(C#N)c(-n2c3ccccc3c3ccc4oc5ccccc5c4c32)c(-n2c3ccccc3c3ccc4c5ccccc5oc4c32)c1-n1c2ccccc2c2ccc3c4ccccc4oc3c21. The molecule has 6 aromatic heterocycles. The van der Waals surface area contributed by atoms with Gasteiger partial charge in [-0.1, -0.05) is 121 Å². The van der Waals surface area contributed by atoms with Crippen molar-refractivity contribution in [1.29, 1.82) is 5.26 Å². The first-order chi connectivity index (χ1) is 34.7. The Morgan fingerprint density at radius 2 is 0.786 bits per heavy atom. The summed E-state index contributed by atoms with van der Waals surface area (Å²) in [7, 11) is 0. The molecule has 0 spiro atoms. The molecule has 8 nitrogen and oxygen atoms in total. The van der Waals surface area contributed by atoms with E-state index in [2.05, 4.69) is 140 Å². The summed E-state index contributed by atoms with van der Waals surface area (Å²) >= 11 is 0. The average molecular weight is 894 g/mol. The fraction of sp³-hybridized carbons (Fsp3) is 0. The molecule has 0 bridgehead atoms. The molecule has 0 aliphatic carbocycles. The van der Waals surface area contributed by atoms with Crippen LogP contribution in [0.25, 0.3) is 153 Å². The Labute approximate surface area is 395 Å². The number of aromatic nitrogens is 3. The normalized spacial score (nSPS) is 12.3. The van der Waals surface area contributed by atoms with Crippen LogP contribution in [0, 0.1) is 17.9 Å². The van der Waals surface area contributed by atoms with Gasteiger partial charge >= 0.3 is 0 Å². The molecule has 0 amide bonds. The highest BCUT2D eigenvalue weighted by molar-refractivity contribution is 6.27. The lowest BCUT2D eigenvalue weighted by atomic mass is 10.0. The topological polar surface area (TPSA) is 82.4 Å². The predicted octanol–water partition coefficient (Wildman–Crippen LogP) is 17.1. The first-order valence-corrected chi connectivity index (χ1v) is 23.2. The van der Waals surface area contributed by atoms with Crippen molar-refractivity contribution in [1.82, 2.24) is 13.7 Å². The van der Waals surface area contributed by atoms with Crippen molar-refractivity contribution in [2.45, 2.75) is 0 Å². The summed E-state index contributed by atoms with van der Waals surface area (Å²) in [5, 5.41) is 23.6. The van der Waals surface area contributed by atoms with Gasteiger partial charge in [-0.25, -0.2) is 4.85 Å². The van der Waals surface area contributed by atoms with Gasteiger partial charge in [0.05, 0.1) is 67.7 Å². The summed E-state index contributed by atoms with van der Waals surface area (Å²) in [6.07, 6.45) is 0. The average Bonchev–Trinajstić information content (AvgIpc) is 4.26. The van der Waals surface area contributed by atoms with Crippen molar-refractivity contribution >= 4 is 137 Å². The predicted molar refractivity (Wildman–Crippen MR) is 282 cm³/mol. The number of hydrogen-bond acceptors (Lipinski definition) is 4. The molecule has 70 heavy (non-hydrogen) atoms. The smallest absolute Gasteiger partial charge is 0.214 e. The van der Waals surface area contributed by atoms with E-state index in [9.17, 15) is 11.8 Å². The number of benzene rings is 10. The molecule has 0 aliphatic rings. The van der Waals surface area contributed by atoms with Crippen LogP contribution in [0.2, 0.25) is 0 Å². The number of rotatable bonds is 3. The molecule has 0 fully saturated rings. The molecule has 0 unspecified atom stereocenters. The first kappa shape index (κ1) is 37.1. The molecule has 8 heteroatoms. The Balaban J connectivity index is 1.23. The third kappa shape index (κ3) is 4.57. The summed E-state index contributed by atoms with van der Waals surface area (Å²) in [4.78, 5) is 4.42. The maximum Gasteiger partial charge on any atom is 0.214 e. The van der Waals surface area contributed by atoms with E-state index in [1.165, 1.54) is 0 Å². The van der Waals surface area contributed by atoms with Gasteiger partial charge in [0.15, 0.2) is 11.2 Å². The maximum atomic E-state index is 11.8. The van der Waals surface area contributed by atoms with Gasteiger partial charge in [-0.05, 0) is 66.7 Å². The van der Waals surface area contributed by atoms with Crippen LogP contribution in [-0.2, 0) is 0 Å². The second-order valence-corrected chi connectivity index (χ2v) is 18.1. The molecule has 322 valence electrons. The van der Waals surface area contributed by atoms with Crippen molar-refractivity contribution < 1.29 is 13.3 Å². The van der Waals surface area contributed by atoms with Crippen LogP contribution in [0.15, 0.2) is 201 Å². The molecule has 0 saturated heterocycles. The molecule has 16 rings (SSSR count). The van der Waals surface area contributed by atoms with Crippen LogP contribution < -0.4 is 0 Å². The van der Waals surface area contributed by atoms with Crippen LogP contribution in [-0.4, -0.2) is 13.7 Å². The minimum atomic E-state index is 0.299. The quantitative estimate of drug-likeness (QED) is 0.165. The largest absolute Gasteiger partial charge is 0.456 e. The monoisotopic (exact) mass is 893 g/mol. The molecule has 0 aliphatic heterocycles. The first-order valence-electron chi connectivity index (χ1n) is 23.2. The van der Waals surface area contributed by atoms with Crippen LogP contribution in [0.1, 0.15) is 5.56 Å². The Morgan fingerprint density at radius 1 is 0.371 bits per heavy atom. The fourth-order valence-corrected chi connectivity index (χ4v) is 11.9. The van der Waals surface area contributed by atoms with Crippen LogP contribution in [0.5, 0.6) is 0 Å². The van der Waals surface area contributed by atoms with Crippen LogP contribution >= 0.6 is 0 Å². The highest BCUT2D eigenvalue weighted by atomic mass is 16.3. The van der Waals surface area contributed by atoms with Gasteiger partial charge in [0.2, 0.25) is 5.69 Å². The van der Waals surface area contributed by atoms with Gasteiger partial charge in [0.25, 0.3) is 0 Å². The van der Waals surface area contributed by atoms with Crippen molar-refractivity contribution in [3.8, 4) is 23.1 Å².